The predicted octanol–water partition coefficient (Wildman–Crippen LogP) is 2.76. The average molecular weight is 216 g/mol. The van der Waals surface area contributed by atoms with Gasteiger partial charge in [0.05, 0.1) is 0 Å². The van der Waals surface area contributed by atoms with Gasteiger partial charge in [-0.05, 0) is 48.4 Å². The fourth-order valence-corrected chi connectivity index (χ4v) is 1.64. The molecule has 0 aliphatic rings. The third-order valence-corrected chi connectivity index (χ3v) is 2.51. The number of aromatic amines is 1. The van der Waals surface area contributed by atoms with Crippen LogP contribution in [-0.4, -0.2) is 12.0 Å². The van der Waals surface area contributed by atoms with Crippen LogP contribution in [0.3, 0.4) is 0 Å². The molecule has 0 unspecified atom stereocenters. The molecule has 2 N–H and O–H groups in total. The van der Waals surface area contributed by atoms with Crippen molar-refractivity contribution in [2.75, 3.05) is 7.05 Å². The van der Waals surface area contributed by atoms with Gasteiger partial charge in [-0.1, -0.05) is 6.92 Å². The van der Waals surface area contributed by atoms with E-state index in [2.05, 4.69) is 29.5 Å². The molecule has 2 aromatic rings. The lowest BCUT2D eigenvalue weighted by Crippen LogP contribution is -2.10. The highest BCUT2D eigenvalue weighted by Gasteiger charge is 2.01. The van der Waals surface area contributed by atoms with Gasteiger partial charge in [0.25, 0.3) is 0 Å². The number of rotatable bonds is 4. The van der Waals surface area contributed by atoms with E-state index < -0.39 is 0 Å². The number of nitrogens with one attached hydrogen (secondary N) is 2. The van der Waals surface area contributed by atoms with Crippen molar-refractivity contribution in [1.29, 1.82) is 0 Å². The minimum atomic E-state index is 0.813. The molecule has 0 amide bonds. The molecule has 1 heterocycles. The van der Waals surface area contributed by atoms with E-state index in [4.69, 9.17) is 4.84 Å². The smallest absolute Gasteiger partial charge is 0.147 e. The molecule has 0 radical (unpaired) electrons. The van der Waals surface area contributed by atoms with Crippen molar-refractivity contribution in [2.45, 2.75) is 13.3 Å². The van der Waals surface area contributed by atoms with Gasteiger partial charge < -0.3 is 9.82 Å². The van der Waals surface area contributed by atoms with Crippen LogP contribution in [-0.2, 0) is 6.42 Å². The van der Waals surface area contributed by atoms with Crippen LogP contribution in [0.25, 0.3) is 11.3 Å². The maximum Gasteiger partial charge on any atom is 0.147 e. The van der Waals surface area contributed by atoms with E-state index in [0.29, 0.717) is 0 Å². The minimum Gasteiger partial charge on any atom is -0.409 e. The molecule has 0 saturated carbocycles. The van der Waals surface area contributed by atoms with E-state index in [-0.39, 0.29) is 0 Å². The molecule has 16 heavy (non-hydrogen) atoms. The quantitative estimate of drug-likeness (QED) is 0.771. The molecule has 0 fully saturated rings. The van der Waals surface area contributed by atoms with Crippen molar-refractivity contribution in [3.05, 3.63) is 42.1 Å². The zero-order chi connectivity index (χ0) is 11.4. The second kappa shape index (κ2) is 4.86. The number of aryl methyl sites for hydroxylation is 1. The molecule has 0 bridgehead atoms. The number of aromatic nitrogens is 1. The van der Waals surface area contributed by atoms with Crippen LogP contribution in [0.15, 0.2) is 36.4 Å². The Kier molecular flexibility index (Phi) is 3.27. The second-order valence-electron chi connectivity index (χ2n) is 3.58. The Morgan fingerprint density at radius 3 is 2.44 bits per heavy atom. The van der Waals surface area contributed by atoms with Crippen LogP contribution in [0, 0.1) is 0 Å². The molecule has 1 aromatic heterocycles. The van der Waals surface area contributed by atoms with Gasteiger partial charge >= 0.3 is 0 Å². The lowest BCUT2D eigenvalue weighted by atomic mass is 10.1. The van der Waals surface area contributed by atoms with Crippen molar-refractivity contribution in [2.24, 2.45) is 0 Å². The standard InChI is InChI=1S/C13H16N2O/c1-3-11-6-9-13(15-11)10-4-7-12(8-5-10)16-14-2/h4-9,14-15H,3H2,1-2H3. The average Bonchev–Trinajstić information content (AvgIpc) is 2.79. The monoisotopic (exact) mass is 216 g/mol. The van der Waals surface area contributed by atoms with Gasteiger partial charge in [0, 0.05) is 18.4 Å². The van der Waals surface area contributed by atoms with Gasteiger partial charge in [-0.3, -0.25) is 0 Å². The predicted molar refractivity (Wildman–Crippen MR) is 65.3 cm³/mol. The Hall–Kier alpha value is -1.74. The highest BCUT2D eigenvalue weighted by atomic mass is 16.6. The van der Waals surface area contributed by atoms with Crippen molar-refractivity contribution < 1.29 is 4.84 Å². The first-order chi connectivity index (χ1) is 7.83. The highest BCUT2D eigenvalue weighted by molar-refractivity contribution is 5.60. The largest absolute Gasteiger partial charge is 0.409 e. The SMILES string of the molecule is CCc1ccc(-c2ccc(ONC)cc2)[nH]1. The molecule has 3 nitrogen and oxygen atoms in total. The molecular weight excluding hydrogens is 200 g/mol. The van der Waals surface area contributed by atoms with E-state index in [0.717, 1.165) is 17.9 Å². The Labute approximate surface area is 95.4 Å². The first-order valence-corrected chi connectivity index (χ1v) is 5.45. The zero-order valence-corrected chi connectivity index (χ0v) is 9.58. The summed E-state index contributed by atoms with van der Waals surface area (Å²) in [7, 11) is 1.74. The molecule has 0 saturated heterocycles. The van der Waals surface area contributed by atoms with E-state index >= 15 is 0 Å². The summed E-state index contributed by atoms with van der Waals surface area (Å²) in [5.74, 6) is 0.813. The summed E-state index contributed by atoms with van der Waals surface area (Å²) >= 11 is 0. The van der Waals surface area contributed by atoms with Crippen LogP contribution >= 0.6 is 0 Å². The molecule has 0 aliphatic heterocycles. The number of hydrogen-bond donors (Lipinski definition) is 2. The summed E-state index contributed by atoms with van der Waals surface area (Å²) in [6.07, 6.45) is 1.03. The highest BCUT2D eigenvalue weighted by Crippen LogP contribution is 2.21. The van der Waals surface area contributed by atoms with E-state index in [1.165, 1.54) is 11.3 Å². The molecule has 0 atom stereocenters. The van der Waals surface area contributed by atoms with E-state index in [1.54, 1.807) is 7.05 Å². The van der Waals surface area contributed by atoms with Crippen molar-refractivity contribution in [1.82, 2.24) is 10.5 Å². The first-order valence-electron chi connectivity index (χ1n) is 5.45. The number of hydrogen-bond acceptors (Lipinski definition) is 2. The minimum absolute atomic E-state index is 0.813. The van der Waals surface area contributed by atoms with Crippen molar-refractivity contribution >= 4 is 0 Å². The number of hydroxylamine groups is 1. The Bertz CT molecular complexity index is 445. The fraction of sp³-hybridized carbons (Fsp3) is 0.231. The Morgan fingerprint density at radius 1 is 1.12 bits per heavy atom. The van der Waals surface area contributed by atoms with Gasteiger partial charge in [0.15, 0.2) is 0 Å². The molecule has 2 rings (SSSR count). The van der Waals surface area contributed by atoms with Gasteiger partial charge in [-0.2, -0.15) is 5.48 Å². The molecular formula is C13H16N2O. The molecule has 1 aromatic carbocycles. The summed E-state index contributed by atoms with van der Waals surface area (Å²) in [6, 6.07) is 12.2. The lowest BCUT2D eigenvalue weighted by molar-refractivity contribution is 0.224. The maximum atomic E-state index is 5.16. The first kappa shape index (κ1) is 10.8. The van der Waals surface area contributed by atoms with Gasteiger partial charge in [0.1, 0.15) is 5.75 Å². The Morgan fingerprint density at radius 2 is 1.88 bits per heavy atom. The summed E-state index contributed by atoms with van der Waals surface area (Å²) < 4.78 is 0. The van der Waals surface area contributed by atoms with E-state index in [9.17, 15) is 0 Å². The Balaban J connectivity index is 2.20. The van der Waals surface area contributed by atoms with Crippen LogP contribution in [0.2, 0.25) is 0 Å². The summed E-state index contributed by atoms with van der Waals surface area (Å²) in [5, 5.41) is 0. The van der Waals surface area contributed by atoms with Crippen LogP contribution in [0.5, 0.6) is 5.75 Å². The summed E-state index contributed by atoms with van der Waals surface area (Å²) in [6.45, 7) is 2.14. The van der Waals surface area contributed by atoms with Crippen LogP contribution in [0.4, 0.5) is 0 Å². The topological polar surface area (TPSA) is 37.0 Å². The lowest BCUT2D eigenvalue weighted by Gasteiger charge is -2.03. The van der Waals surface area contributed by atoms with Gasteiger partial charge in [0.2, 0.25) is 0 Å². The van der Waals surface area contributed by atoms with Crippen molar-refractivity contribution in [3.63, 3.8) is 0 Å². The summed E-state index contributed by atoms with van der Waals surface area (Å²) in [4.78, 5) is 8.54. The maximum absolute atomic E-state index is 5.16. The van der Waals surface area contributed by atoms with Crippen LogP contribution in [0.1, 0.15) is 12.6 Å². The molecule has 84 valence electrons. The normalized spacial score (nSPS) is 10.4. The molecule has 0 spiro atoms. The van der Waals surface area contributed by atoms with Gasteiger partial charge in [-0.15, -0.1) is 0 Å². The second-order valence-corrected chi connectivity index (χ2v) is 3.58. The van der Waals surface area contributed by atoms with E-state index in [1.807, 2.05) is 24.3 Å². The summed E-state index contributed by atoms with van der Waals surface area (Å²) in [5.41, 5.74) is 6.22. The number of benzene rings is 1. The third kappa shape index (κ3) is 2.25. The number of H-pyrrole nitrogens is 1. The zero-order valence-electron chi connectivity index (χ0n) is 9.58. The third-order valence-electron chi connectivity index (χ3n) is 2.51. The molecule has 3 heteroatoms. The van der Waals surface area contributed by atoms with Crippen molar-refractivity contribution in [3.8, 4) is 17.0 Å². The fourth-order valence-electron chi connectivity index (χ4n) is 1.64. The van der Waals surface area contributed by atoms with Gasteiger partial charge in [-0.25, -0.2) is 0 Å². The molecule has 0 aliphatic carbocycles. The van der Waals surface area contributed by atoms with Crippen LogP contribution < -0.4 is 10.3 Å².